The zero-order valence-electron chi connectivity index (χ0n) is 19.2. The Labute approximate surface area is 171 Å². The number of likely N-dealkylation sites (N-methyl/N-ethyl adjacent to an activating group) is 1. The van der Waals surface area contributed by atoms with Gasteiger partial charge in [0.05, 0.1) is 11.5 Å². The van der Waals surface area contributed by atoms with Crippen LogP contribution in [0.2, 0.25) is 0 Å². The molecule has 0 aromatic carbocycles. The molecule has 2 N–H and O–H groups in total. The molecule has 1 fully saturated rings. The van der Waals surface area contributed by atoms with Crippen LogP contribution in [0.15, 0.2) is 0 Å². The summed E-state index contributed by atoms with van der Waals surface area (Å²) in [5.74, 6) is -0.287. The summed E-state index contributed by atoms with van der Waals surface area (Å²) >= 11 is 0. The van der Waals surface area contributed by atoms with E-state index in [1.54, 1.807) is 14.0 Å². The minimum absolute atomic E-state index is 0.247. The number of aliphatic hydroxyl groups excluding tert-OH is 1. The minimum Gasteiger partial charge on any atom is -0.459 e. The predicted octanol–water partition coefficient (Wildman–Crippen LogP) is 2.99. The van der Waals surface area contributed by atoms with Crippen LogP contribution in [0.4, 0.5) is 0 Å². The summed E-state index contributed by atoms with van der Waals surface area (Å²) in [7, 11) is 3.70. The van der Waals surface area contributed by atoms with E-state index in [1.165, 1.54) is 0 Å². The maximum Gasteiger partial charge on any atom is 0.309 e. The van der Waals surface area contributed by atoms with Crippen molar-refractivity contribution in [2.75, 3.05) is 20.7 Å². The SMILES string of the molecule is CC[C@H]1OC(=O)[C@H](C)C[C@H](C)C[C@](C)(OC)CCCN(C)[C@H](C)[C@@H](O)[C@]1(C)O. The molecule has 6 nitrogen and oxygen atoms in total. The van der Waals surface area contributed by atoms with Gasteiger partial charge in [-0.25, -0.2) is 0 Å². The van der Waals surface area contributed by atoms with Gasteiger partial charge >= 0.3 is 5.97 Å². The van der Waals surface area contributed by atoms with Gasteiger partial charge in [0.25, 0.3) is 0 Å². The molecule has 28 heavy (non-hydrogen) atoms. The number of cyclic esters (lactones) is 1. The molecular formula is C22H43NO5. The van der Waals surface area contributed by atoms with E-state index in [0.717, 1.165) is 25.8 Å². The molecule has 0 spiro atoms. The second-order valence-corrected chi connectivity index (χ2v) is 9.43. The highest BCUT2D eigenvalue weighted by molar-refractivity contribution is 5.72. The van der Waals surface area contributed by atoms with Crippen LogP contribution < -0.4 is 0 Å². The number of methoxy groups -OCH3 is 1. The molecule has 6 heteroatoms. The highest BCUT2D eigenvalue weighted by Crippen LogP contribution is 2.31. The molecule has 1 saturated heterocycles. The second kappa shape index (κ2) is 10.4. The van der Waals surface area contributed by atoms with Crippen molar-refractivity contribution in [3.63, 3.8) is 0 Å². The molecule has 0 radical (unpaired) electrons. The largest absolute Gasteiger partial charge is 0.459 e. The highest BCUT2D eigenvalue weighted by atomic mass is 16.6. The normalized spacial score (nSPS) is 43.1. The third-order valence-electron chi connectivity index (χ3n) is 6.68. The van der Waals surface area contributed by atoms with Crippen molar-refractivity contribution in [1.82, 2.24) is 4.90 Å². The molecule has 7 atom stereocenters. The van der Waals surface area contributed by atoms with Crippen LogP contribution in [-0.2, 0) is 14.3 Å². The molecule has 0 aromatic heterocycles. The van der Waals surface area contributed by atoms with Gasteiger partial charge in [-0.05, 0) is 72.4 Å². The van der Waals surface area contributed by atoms with Gasteiger partial charge in [0.1, 0.15) is 17.8 Å². The van der Waals surface area contributed by atoms with Crippen LogP contribution >= 0.6 is 0 Å². The molecular weight excluding hydrogens is 358 g/mol. The third kappa shape index (κ3) is 6.41. The Morgan fingerprint density at radius 3 is 2.43 bits per heavy atom. The molecule has 0 aromatic rings. The summed E-state index contributed by atoms with van der Waals surface area (Å²) in [6.45, 7) is 12.2. The summed E-state index contributed by atoms with van der Waals surface area (Å²) in [4.78, 5) is 14.7. The Hall–Kier alpha value is -0.690. The van der Waals surface area contributed by atoms with E-state index in [9.17, 15) is 15.0 Å². The number of nitrogens with zero attached hydrogens (tertiary/aromatic N) is 1. The van der Waals surface area contributed by atoms with Crippen LogP contribution in [0.3, 0.4) is 0 Å². The zero-order valence-corrected chi connectivity index (χ0v) is 19.2. The molecule has 0 saturated carbocycles. The lowest BCUT2D eigenvalue weighted by molar-refractivity contribution is -0.189. The molecule has 1 rings (SSSR count). The lowest BCUT2D eigenvalue weighted by Gasteiger charge is -2.41. The Morgan fingerprint density at radius 1 is 1.29 bits per heavy atom. The number of hydrogen-bond donors (Lipinski definition) is 2. The molecule has 1 heterocycles. The first-order valence-corrected chi connectivity index (χ1v) is 10.7. The summed E-state index contributed by atoms with van der Waals surface area (Å²) in [5.41, 5.74) is -1.77. The van der Waals surface area contributed by atoms with Gasteiger partial charge in [0.15, 0.2) is 0 Å². The van der Waals surface area contributed by atoms with Crippen molar-refractivity contribution in [1.29, 1.82) is 0 Å². The van der Waals surface area contributed by atoms with Gasteiger partial charge in [-0.2, -0.15) is 0 Å². The van der Waals surface area contributed by atoms with Crippen molar-refractivity contribution in [2.24, 2.45) is 11.8 Å². The van der Waals surface area contributed by atoms with E-state index in [1.807, 2.05) is 27.8 Å². The van der Waals surface area contributed by atoms with E-state index in [0.29, 0.717) is 18.8 Å². The Kier molecular flexibility index (Phi) is 9.39. The van der Waals surface area contributed by atoms with Crippen LogP contribution in [-0.4, -0.2) is 71.2 Å². The van der Waals surface area contributed by atoms with E-state index < -0.39 is 17.8 Å². The summed E-state index contributed by atoms with van der Waals surface area (Å²) < 4.78 is 11.5. The third-order valence-corrected chi connectivity index (χ3v) is 6.68. The van der Waals surface area contributed by atoms with Gasteiger partial charge in [0.2, 0.25) is 0 Å². The first-order valence-electron chi connectivity index (χ1n) is 10.7. The Morgan fingerprint density at radius 2 is 1.89 bits per heavy atom. The fraction of sp³-hybridized carbons (Fsp3) is 0.955. The monoisotopic (exact) mass is 401 g/mol. The summed E-state index contributed by atoms with van der Waals surface area (Å²) in [5, 5.41) is 21.9. The van der Waals surface area contributed by atoms with Crippen LogP contribution in [0.25, 0.3) is 0 Å². The number of esters is 1. The van der Waals surface area contributed by atoms with Gasteiger partial charge in [-0.3, -0.25) is 4.79 Å². The van der Waals surface area contributed by atoms with Crippen molar-refractivity contribution < 1.29 is 24.5 Å². The maximum absolute atomic E-state index is 12.7. The van der Waals surface area contributed by atoms with Gasteiger partial charge < -0.3 is 24.6 Å². The van der Waals surface area contributed by atoms with Crippen molar-refractivity contribution in [3.05, 3.63) is 0 Å². The first-order chi connectivity index (χ1) is 12.9. The summed E-state index contributed by atoms with van der Waals surface area (Å²) in [6, 6.07) is -0.280. The molecule has 1 aliphatic heterocycles. The number of carbonyl (C=O) groups excluding carboxylic acids is 1. The fourth-order valence-electron chi connectivity index (χ4n) is 4.51. The first kappa shape index (κ1) is 25.3. The summed E-state index contributed by atoms with van der Waals surface area (Å²) in [6.07, 6.45) is 2.05. The van der Waals surface area contributed by atoms with Crippen LogP contribution in [0.5, 0.6) is 0 Å². The molecule has 0 bridgehead atoms. The van der Waals surface area contributed by atoms with E-state index in [4.69, 9.17) is 9.47 Å². The quantitative estimate of drug-likeness (QED) is 0.693. The molecule has 166 valence electrons. The molecule has 0 aliphatic carbocycles. The highest BCUT2D eigenvalue weighted by Gasteiger charge is 2.44. The van der Waals surface area contributed by atoms with Gasteiger partial charge in [-0.1, -0.05) is 20.8 Å². The minimum atomic E-state index is -1.52. The van der Waals surface area contributed by atoms with Crippen molar-refractivity contribution in [3.8, 4) is 0 Å². The topological polar surface area (TPSA) is 79.2 Å². The lowest BCUT2D eigenvalue weighted by atomic mass is 9.84. The van der Waals surface area contributed by atoms with Crippen LogP contribution in [0.1, 0.15) is 73.6 Å². The Bertz CT molecular complexity index is 497. The maximum atomic E-state index is 12.7. The number of carbonyl (C=O) groups is 1. The average molecular weight is 402 g/mol. The van der Waals surface area contributed by atoms with E-state index in [2.05, 4.69) is 18.7 Å². The number of rotatable bonds is 2. The number of ether oxygens (including phenoxy) is 2. The van der Waals surface area contributed by atoms with Crippen molar-refractivity contribution in [2.45, 2.75) is 103 Å². The van der Waals surface area contributed by atoms with E-state index >= 15 is 0 Å². The lowest BCUT2D eigenvalue weighted by Crippen LogP contribution is -2.58. The van der Waals surface area contributed by atoms with Gasteiger partial charge in [0, 0.05) is 13.2 Å². The standard InChI is InChI=1S/C22H43NO5/c1-9-18-22(6,26)19(24)17(4)23(7)12-10-11-21(5,27-8)14-15(2)13-16(3)20(25)28-18/h15-19,24,26H,9-14H2,1-8H3/t15-,16+,17+,18+,19+,21+,22+/m0/s1. The molecule has 0 amide bonds. The predicted molar refractivity (Wildman–Crippen MR) is 111 cm³/mol. The smallest absolute Gasteiger partial charge is 0.309 e. The second-order valence-electron chi connectivity index (χ2n) is 9.43. The number of hydrogen-bond acceptors (Lipinski definition) is 6. The zero-order chi connectivity index (χ0) is 21.7. The van der Waals surface area contributed by atoms with Crippen molar-refractivity contribution >= 4 is 5.97 Å². The van der Waals surface area contributed by atoms with Crippen LogP contribution in [0, 0.1) is 11.8 Å². The fourth-order valence-corrected chi connectivity index (χ4v) is 4.51. The number of aliphatic hydroxyl groups is 2. The Balaban J connectivity index is 3.15. The average Bonchev–Trinajstić information content (AvgIpc) is 2.63. The van der Waals surface area contributed by atoms with Gasteiger partial charge in [-0.15, -0.1) is 0 Å². The molecule has 0 unspecified atom stereocenters. The molecule has 1 aliphatic rings. The van der Waals surface area contributed by atoms with E-state index in [-0.39, 0.29) is 23.5 Å².